The monoisotopic (exact) mass is 486 g/mol. The Morgan fingerprint density at radius 3 is 2.85 bits per heavy atom. The zero-order valence-corrected chi connectivity index (χ0v) is 20.5. The first-order chi connectivity index (χ1) is 16.4. The van der Waals surface area contributed by atoms with Crippen LogP contribution in [0.2, 0.25) is 0 Å². The fourth-order valence-electron chi connectivity index (χ4n) is 4.87. The zero-order chi connectivity index (χ0) is 24.2. The number of nitrogens with one attached hydrogen (secondary N) is 2. The summed E-state index contributed by atoms with van der Waals surface area (Å²) in [6, 6.07) is 10.7. The Morgan fingerprint density at radius 2 is 2.12 bits per heavy atom. The summed E-state index contributed by atoms with van der Waals surface area (Å²) in [6.45, 7) is 6.29. The van der Waals surface area contributed by atoms with E-state index in [0.717, 1.165) is 12.0 Å². The third-order valence-corrected chi connectivity index (χ3v) is 7.66. The topological polar surface area (TPSA) is 113 Å². The third kappa shape index (κ3) is 5.42. The largest absolute Gasteiger partial charge is 0.354 e. The molecule has 2 heterocycles. The lowest BCUT2D eigenvalue weighted by molar-refractivity contribution is -0.0360. The van der Waals surface area contributed by atoms with Crippen molar-refractivity contribution in [1.29, 1.82) is 5.26 Å². The second-order valence-electron chi connectivity index (χ2n) is 9.00. The molecule has 0 radical (unpaired) electrons. The average molecular weight is 487 g/mol. The Morgan fingerprint density at radius 1 is 1.35 bits per heavy atom. The molecule has 4 rings (SSSR count). The number of amides is 3. The van der Waals surface area contributed by atoms with Gasteiger partial charge in [-0.25, -0.2) is 4.79 Å². The van der Waals surface area contributed by atoms with Crippen LogP contribution < -0.4 is 10.6 Å². The second-order valence-corrected chi connectivity index (χ2v) is 10.3. The summed E-state index contributed by atoms with van der Waals surface area (Å²) in [5.74, 6) is 0.223. The molecule has 2 N–H and O–H groups in total. The number of urea groups is 1. The fraction of sp³-hybridized carbons (Fsp3) is 0.542. The summed E-state index contributed by atoms with van der Waals surface area (Å²) in [5, 5.41) is 14.4. The molecule has 0 aromatic heterocycles. The van der Waals surface area contributed by atoms with Crippen LogP contribution in [0.3, 0.4) is 0 Å². The van der Waals surface area contributed by atoms with Gasteiger partial charge in [0, 0.05) is 30.8 Å². The number of nitrogens with zero attached hydrogens (tertiary/aromatic N) is 2. The molecule has 34 heavy (non-hydrogen) atoms. The lowest BCUT2D eigenvalue weighted by Gasteiger charge is -2.35. The van der Waals surface area contributed by atoms with E-state index >= 15 is 0 Å². The van der Waals surface area contributed by atoms with Gasteiger partial charge in [-0.05, 0) is 37.0 Å². The standard InChI is InChI=1S/C24H31N4O5P/c1-15-12-19(33-34(3)31-11-7-10-25)18-13-20(32-21(15)18)28-14-16(2)22(27-24(28)30)26-23(29)17-8-5-4-6-9-17/h4-6,8-9,14-15,18-22H,7,11-13H2,1-3H3,(H,26,29)(H,27,30)/t15-,18+,19-,20-,21-,22?,34?/m1/s1. The quantitative estimate of drug-likeness (QED) is 0.428. The molecule has 3 aliphatic rings. The van der Waals surface area contributed by atoms with E-state index in [1.807, 2.05) is 19.7 Å². The van der Waals surface area contributed by atoms with E-state index < -0.39 is 20.8 Å². The first kappa shape index (κ1) is 24.6. The number of nitriles is 1. The van der Waals surface area contributed by atoms with Crippen LogP contribution in [0.1, 0.15) is 43.5 Å². The van der Waals surface area contributed by atoms with Crippen LogP contribution in [0.5, 0.6) is 0 Å². The highest BCUT2D eigenvalue weighted by Crippen LogP contribution is 2.49. The van der Waals surface area contributed by atoms with Gasteiger partial charge < -0.3 is 24.4 Å². The van der Waals surface area contributed by atoms with Gasteiger partial charge in [0.1, 0.15) is 12.4 Å². The number of ether oxygens (including phenoxy) is 1. The maximum absolute atomic E-state index is 12.9. The van der Waals surface area contributed by atoms with Crippen molar-refractivity contribution < 1.29 is 23.4 Å². The number of hydrogen-bond donors (Lipinski definition) is 2. The van der Waals surface area contributed by atoms with Crippen LogP contribution in [-0.2, 0) is 13.8 Å². The molecule has 7 atom stereocenters. The summed E-state index contributed by atoms with van der Waals surface area (Å²) >= 11 is 0. The molecule has 1 aromatic rings. The number of hydrogen-bond acceptors (Lipinski definition) is 6. The van der Waals surface area contributed by atoms with Crippen LogP contribution in [0.15, 0.2) is 42.1 Å². The van der Waals surface area contributed by atoms with Gasteiger partial charge in [-0.1, -0.05) is 25.1 Å². The number of benzene rings is 1. The summed E-state index contributed by atoms with van der Waals surface area (Å²) in [6.07, 6.45) is 2.68. The zero-order valence-electron chi connectivity index (χ0n) is 19.6. The van der Waals surface area contributed by atoms with E-state index in [0.29, 0.717) is 30.9 Å². The number of carbonyl (C=O) groups is 2. The first-order valence-electron chi connectivity index (χ1n) is 11.6. The van der Waals surface area contributed by atoms with Gasteiger partial charge in [0.05, 0.1) is 31.3 Å². The van der Waals surface area contributed by atoms with Gasteiger partial charge in [-0.3, -0.25) is 9.69 Å². The molecule has 1 aromatic carbocycles. The predicted molar refractivity (Wildman–Crippen MR) is 126 cm³/mol. The van der Waals surface area contributed by atoms with Crippen molar-refractivity contribution >= 4 is 20.3 Å². The molecule has 3 amide bonds. The van der Waals surface area contributed by atoms with Gasteiger partial charge in [-0.2, -0.15) is 5.26 Å². The van der Waals surface area contributed by atoms with Crippen molar-refractivity contribution in [3.8, 4) is 6.07 Å². The maximum atomic E-state index is 12.9. The molecule has 2 unspecified atom stereocenters. The lowest BCUT2D eigenvalue weighted by Crippen LogP contribution is -2.57. The summed E-state index contributed by atoms with van der Waals surface area (Å²) in [7, 11) is -1.08. The van der Waals surface area contributed by atoms with Crippen molar-refractivity contribution in [3.63, 3.8) is 0 Å². The molecule has 1 aliphatic carbocycles. The van der Waals surface area contributed by atoms with Crippen LogP contribution in [0, 0.1) is 23.2 Å². The molecule has 1 saturated carbocycles. The second kappa shape index (κ2) is 10.8. The predicted octanol–water partition coefficient (Wildman–Crippen LogP) is 3.70. The van der Waals surface area contributed by atoms with Crippen molar-refractivity contribution in [2.75, 3.05) is 13.3 Å². The summed E-state index contributed by atoms with van der Waals surface area (Å²) in [4.78, 5) is 27.0. The maximum Gasteiger partial charge on any atom is 0.325 e. The van der Waals surface area contributed by atoms with E-state index in [4.69, 9.17) is 19.0 Å². The molecule has 10 heteroatoms. The third-order valence-electron chi connectivity index (χ3n) is 6.55. The molecule has 1 saturated heterocycles. The summed E-state index contributed by atoms with van der Waals surface area (Å²) in [5.41, 5.74) is 1.35. The normalized spacial score (nSPS) is 31.3. The minimum Gasteiger partial charge on any atom is -0.354 e. The first-order valence-corrected chi connectivity index (χ1v) is 13.2. The SMILES string of the molecule is CC1=CN([C@H]2C[C@@H]3[C@H](O2)[C@H](C)C[C@H]3OP(C)OCCC#N)C(=O)NC1NC(=O)c1ccccc1. The molecule has 0 bridgehead atoms. The minimum absolute atomic E-state index is 0.000894. The van der Waals surface area contributed by atoms with Gasteiger partial charge in [-0.15, -0.1) is 0 Å². The molecular formula is C24H31N4O5P. The number of rotatable bonds is 8. The van der Waals surface area contributed by atoms with Gasteiger partial charge in [0.15, 0.2) is 8.38 Å². The van der Waals surface area contributed by atoms with Crippen LogP contribution in [-0.4, -0.2) is 54.7 Å². The number of carbonyl (C=O) groups excluding carboxylic acids is 2. The van der Waals surface area contributed by atoms with Crippen molar-refractivity contribution in [2.24, 2.45) is 11.8 Å². The van der Waals surface area contributed by atoms with Crippen molar-refractivity contribution in [3.05, 3.63) is 47.7 Å². The molecule has 9 nitrogen and oxygen atoms in total. The van der Waals surface area contributed by atoms with E-state index in [9.17, 15) is 9.59 Å². The highest BCUT2D eigenvalue weighted by molar-refractivity contribution is 7.46. The Balaban J connectivity index is 1.37. The van der Waals surface area contributed by atoms with E-state index in [-0.39, 0.29) is 30.1 Å². The molecule has 0 spiro atoms. The Labute approximate surface area is 201 Å². The summed E-state index contributed by atoms with van der Waals surface area (Å²) < 4.78 is 18.2. The Bertz CT molecular complexity index is 968. The van der Waals surface area contributed by atoms with E-state index in [2.05, 4.69) is 23.6 Å². The molecule has 2 fully saturated rings. The van der Waals surface area contributed by atoms with E-state index in [1.54, 1.807) is 35.4 Å². The Hall–Kier alpha value is -2.50. The fourth-order valence-corrected chi connectivity index (χ4v) is 5.91. The molecular weight excluding hydrogens is 455 g/mol. The average Bonchev–Trinajstić information content (AvgIpc) is 3.37. The highest BCUT2D eigenvalue weighted by Gasteiger charge is 2.51. The van der Waals surface area contributed by atoms with Crippen LogP contribution in [0.4, 0.5) is 4.79 Å². The highest BCUT2D eigenvalue weighted by atomic mass is 31.2. The van der Waals surface area contributed by atoms with Gasteiger partial charge in [0.25, 0.3) is 5.91 Å². The molecule has 2 aliphatic heterocycles. The van der Waals surface area contributed by atoms with Crippen molar-refractivity contribution in [2.45, 2.75) is 57.7 Å². The Kier molecular flexibility index (Phi) is 7.84. The van der Waals surface area contributed by atoms with Crippen LogP contribution >= 0.6 is 8.38 Å². The van der Waals surface area contributed by atoms with Gasteiger partial charge >= 0.3 is 6.03 Å². The van der Waals surface area contributed by atoms with Crippen molar-refractivity contribution in [1.82, 2.24) is 15.5 Å². The number of fused-ring (bicyclic) bond motifs is 1. The van der Waals surface area contributed by atoms with Crippen LogP contribution in [0.25, 0.3) is 0 Å². The lowest BCUT2D eigenvalue weighted by atomic mass is 10.00. The smallest absolute Gasteiger partial charge is 0.325 e. The van der Waals surface area contributed by atoms with Gasteiger partial charge in [0.2, 0.25) is 0 Å². The van der Waals surface area contributed by atoms with E-state index in [1.165, 1.54) is 0 Å². The minimum atomic E-state index is -1.08. The molecule has 182 valence electrons.